The highest BCUT2D eigenvalue weighted by Crippen LogP contribution is 2.35. The highest BCUT2D eigenvalue weighted by atomic mass is 31.2. The molecule has 0 heterocycles. The van der Waals surface area contributed by atoms with Crippen LogP contribution in [0.25, 0.3) is 0 Å². The number of phosphoric acid groups is 1. The second kappa shape index (κ2) is 15.8. The van der Waals surface area contributed by atoms with E-state index in [0.29, 0.717) is 6.42 Å². The van der Waals surface area contributed by atoms with Crippen molar-refractivity contribution in [2.75, 3.05) is 13.2 Å². The summed E-state index contributed by atoms with van der Waals surface area (Å²) in [5.41, 5.74) is 0. The van der Waals surface area contributed by atoms with E-state index in [0.717, 1.165) is 38.5 Å². The Labute approximate surface area is 161 Å². The van der Waals surface area contributed by atoms with Crippen LogP contribution in [0.1, 0.15) is 71.6 Å². The molecule has 0 saturated carbocycles. The summed E-state index contributed by atoms with van der Waals surface area (Å²) in [6.07, 6.45) is 11.8. The first-order valence-corrected chi connectivity index (χ1v) is 11.0. The third-order valence-corrected chi connectivity index (χ3v) is 4.06. The first-order chi connectivity index (χ1) is 12.7. The van der Waals surface area contributed by atoms with E-state index >= 15 is 0 Å². The third kappa shape index (κ3) is 19.4. The normalized spacial score (nSPS) is 12.9. The van der Waals surface area contributed by atoms with E-state index in [1.165, 1.54) is 13.3 Å². The molecule has 0 fully saturated rings. The van der Waals surface area contributed by atoms with Gasteiger partial charge in [0.1, 0.15) is 6.61 Å². The SMILES string of the molecule is CCC/C=C\CCCCCCCC(=O)OC(COC(C)=O)COP(=O)(O)O. The lowest BCUT2D eigenvalue weighted by Gasteiger charge is -2.18. The predicted molar refractivity (Wildman–Crippen MR) is 101 cm³/mol. The molecule has 2 N–H and O–H groups in total. The van der Waals surface area contributed by atoms with Crippen molar-refractivity contribution in [2.24, 2.45) is 0 Å². The lowest BCUT2D eigenvalue weighted by molar-refractivity contribution is -0.160. The van der Waals surface area contributed by atoms with Gasteiger partial charge >= 0.3 is 19.8 Å². The molecule has 0 aromatic rings. The number of phosphoric ester groups is 1. The molecule has 0 rings (SSSR count). The molecule has 1 atom stereocenters. The Kier molecular flexibility index (Phi) is 15.1. The van der Waals surface area contributed by atoms with Gasteiger partial charge in [0.15, 0.2) is 6.10 Å². The minimum absolute atomic E-state index is 0.197. The van der Waals surface area contributed by atoms with Crippen LogP contribution in [0.15, 0.2) is 12.2 Å². The molecule has 0 radical (unpaired) electrons. The van der Waals surface area contributed by atoms with Crippen molar-refractivity contribution in [1.82, 2.24) is 0 Å². The standard InChI is InChI=1S/C18H33O8P/c1-3-4-5-6-7-8-9-10-11-12-13-18(20)26-17(14-24-16(2)19)15-25-27(21,22)23/h5-6,17H,3-4,7-15H2,1-2H3,(H2,21,22,23)/b6-5-. The molecule has 0 spiro atoms. The number of hydrogen-bond acceptors (Lipinski definition) is 6. The Morgan fingerprint density at radius 1 is 1.00 bits per heavy atom. The molecule has 0 aliphatic rings. The Morgan fingerprint density at radius 2 is 1.63 bits per heavy atom. The fourth-order valence-electron chi connectivity index (χ4n) is 2.22. The number of esters is 2. The second-order valence-corrected chi connectivity index (χ2v) is 7.51. The zero-order chi connectivity index (χ0) is 20.5. The number of carbonyl (C=O) groups is 2. The van der Waals surface area contributed by atoms with E-state index in [9.17, 15) is 14.2 Å². The summed E-state index contributed by atoms with van der Waals surface area (Å²) in [4.78, 5) is 40.1. The molecule has 158 valence electrons. The van der Waals surface area contributed by atoms with Crippen molar-refractivity contribution < 1.29 is 37.9 Å². The smallest absolute Gasteiger partial charge is 0.462 e. The van der Waals surface area contributed by atoms with E-state index in [4.69, 9.17) is 19.3 Å². The maximum Gasteiger partial charge on any atom is 0.469 e. The maximum atomic E-state index is 11.8. The summed E-state index contributed by atoms with van der Waals surface area (Å²) >= 11 is 0. The average molecular weight is 408 g/mol. The van der Waals surface area contributed by atoms with Crippen LogP contribution in [-0.4, -0.2) is 41.0 Å². The van der Waals surface area contributed by atoms with Crippen molar-refractivity contribution in [2.45, 2.75) is 77.7 Å². The zero-order valence-corrected chi connectivity index (χ0v) is 17.2. The number of unbranched alkanes of at least 4 members (excludes halogenated alkanes) is 6. The number of rotatable bonds is 16. The van der Waals surface area contributed by atoms with E-state index in [-0.39, 0.29) is 13.0 Å². The largest absolute Gasteiger partial charge is 0.469 e. The van der Waals surface area contributed by atoms with Crippen molar-refractivity contribution in [3.05, 3.63) is 12.2 Å². The highest BCUT2D eigenvalue weighted by molar-refractivity contribution is 7.46. The molecule has 0 aromatic carbocycles. The molecule has 0 saturated heterocycles. The Morgan fingerprint density at radius 3 is 2.26 bits per heavy atom. The molecule has 0 aromatic heterocycles. The van der Waals surface area contributed by atoms with Gasteiger partial charge in [-0.1, -0.05) is 44.8 Å². The molecule has 0 aliphatic heterocycles. The molecular weight excluding hydrogens is 375 g/mol. The van der Waals surface area contributed by atoms with Crippen LogP contribution < -0.4 is 0 Å². The minimum Gasteiger partial charge on any atom is -0.462 e. The van der Waals surface area contributed by atoms with Crippen LogP contribution in [0.5, 0.6) is 0 Å². The average Bonchev–Trinajstić information content (AvgIpc) is 2.58. The van der Waals surface area contributed by atoms with E-state index < -0.39 is 32.5 Å². The van der Waals surface area contributed by atoms with Gasteiger partial charge in [-0.25, -0.2) is 4.57 Å². The summed E-state index contributed by atoms with van der Waals surface area (Å²) in [6, 6.07) is 0. The van der Waals surface area contributed by atoms with Crippen LogP contribution in [0.2, 0.25) is 0 Å². The molecular formula is C18H33O8P. The highest BCUT2D eigenvalue weighted by Gasteiger charge is 2.22. The topological polar surface area (TPSA) is 119 Å². The number of allylic oxidation sites excluding steroid dienone is 2. The second-order valence-electron chi connectivity index (χ2n) is 6.27. The quantitative estimate of drug-likeness (QED) is 0.172. The molecule has 0 bridgehead atoms. The Hall–Kier alpha value is -1.21. The molecule has 9 heteroatoms. The van der Waals surface area contributed by atoms with Gasteiger partial charge in [-0.3, -0.25) is 14.1 Å². The summed E-state index contributed by atoms with van der Waals surface area (Å²) in [7, 11) is -4.69. The van der Waals surface area contributed by atoms with Crippen molar-refractivity contribution in [3.8, 4) is 0 Å². The van der Waals surface area contributed by atoms with Gasteiger partial charge in [0.25, 0.3) is 0 Å². The van der Waals surface area contributed by atoms with E-state index in [1.54, 1.807) is 0 Å². The fourth-order valence-corrected chi connectivity index (χ4v) is 2.58. The number of carbonyl (C=O) groups excluding carboxylic acids is 2. The minimum atomic E-state index is -4.69. The first-order valence-electron chi connectivity index (χ1n) is 9.42. The van der Waals surface area contributed by atoms with Crippen LogP contribution in [-0.2, 0) is 28.2 Å². The summed E-state index contributed by atoms with van der Waals surface area (Å²) in [5, 5.41) is 0. The van der Waals surface area contributed by atoms with Gasteiger partial charge in [-0.2, -0.15) is 0 Å². The van der Waals surface area contributed by atoms with Crippen LogP contribution in [0.3, 0.4) is 0 Å². The van der Waals surface area contributed by atoms with Gasteiger partial charge in [-0.15, -0.1) is 0 Å². The maximum absolute atomic E-state index is 11.8. The van der Waals surface area contributed by atoms with Gasteiger partial charge < -0.3 is 19.3 Å². The Balaban J connectivity index is 3.94. The fraction of sp³-hybridized carbons (Fsp3) is 0.778. The van der Waals surface area contributed by atoms with Crippen LogP contribution in [0, 0.1) is 0 Å². The summed E-state index contributed by atoms with van der Waals surface area (Å²) in [5.74, 6) is -1.10. The molecule has 1 unspecified atom stereocenters. The number of ether oxygens (including phenoxy) is 2. The van der Waals surface area contributed by atoms with Crippen LogP contribution >= 0.6 is 7.82 Å². The summed E-state index contributed by atoms with van der Waals surface area (Å²) in [6.45, 7) is 2.47. The first kappa shape index (κ1) is 25.8. The van der Waals surface area contributed by atoms with Gasteiger partial charge in [0, 0.05) is 13.3 Å². The molecule has 8 nitrogen and oxygen atoms in total. The van der Waals surface area contributed by atoms with E-state index in [2.05, 4.69) is 23.6 Å². The number of hydrogen-bond donors (Lipinski definition) is 2. The van der Waals surface area contributed by atoms with Gasteiger partial charge in [-0.05, 0) is 25.7 Å². The van der Waals surface area contributed by atoms with Gasteiger partial charge in [0.2, 0.25) is 0 Å². The third-order valence-electron chi connectivity index (χ3n) is 3.57. The van der Waals surface area contributed by atoms with Crippen LogP contribution in [0.4, 0.5) is 0 Å². The molecule has 0 amide bonds. The summed E-state index contributed by atoms with van der Waals surface area (Å²) < 4.78 is 24.9. The van der Waals surface area contributed by atoms with Crippen molar-refractivity contribution >= 4 is 19.8 Å². The van der Waals surface area contributed by atoms with E-state index in [1.807, 2.05) is 0 Å². The zero-order valence-electron chi connectivity index (χ0n) is 16.3. The predicted octanol–water partition coefficient (Wildman–Crippen LogP) is 3.66. The van der Waals surface area contributed by atoms with Crippen molar-refractivity contribution in [3.63, 3.8) is 0 Å². The Bertz CT molecular complexity index is 486. The van der Waals surface area contributed by atoms with Crippen molar-refractivity contribution in [1.29, 1.82) is 0 Å². The lowest BCUT2D eigenvalue weighted by atomic mass is 10.1. The monoisotopic (exact) mass is 408 g/mol. The molecule has 0 aliphatic carbocycles. The van der Waals surface area contributed by atoms with Gasteiger partial charge in [0.05, 0.1) is 6.61 Å². The molecule has 27 heavy (non-hydrogen) atoms. The lowest BCUT2D eigenvalue weighted by Crippen LogP contribution is -2.29.